The van der Waals surface area contributed by atoms with Crippen molar-refractivity contribution in [3.63, 3.8) is 0 Å². The van der Waals surface area contributed by atoms with E-state index in [2.05, 4.69) is 5.32 Å². The van der Waals surface area contributed by atoms with Crippen LogP contribution in [0.4, 0.5) is 0 Å². The summed E-state index contributed by atoms with van der Waals surface area (Å²) in [6.07, 6.45) is -0.726. The van der Waals surface area contributed by atoms with Crippen molar-refractivity contribution in [1.82, 2.24) is 10.2 Å². The first kappa shape index (κ1) is 15.8. The summed E-state index contributed by atoms with van der Waals surface area (Å²) in [5.41, 5.74) is 0.818. The molecule has 1 fully saturated rings. The van der Waals surface area contributed by atoms with Crippen molar-refractivity contribution < 1.29 is 14.3 Å². The average Bonchev–Trinajstić information content (AvgIpc) is 2.42. The molecule has 0 bridgehead atoms. The summed E-state index contributed by atoms with van der Waals surface area (Å²) in [6, 6.07) is 6.64. The fraction of sp³-hybridized carbons (Fsp3) is 0.467. The second-order valence-electron chi connectivity index (χ2n) is 5.40. The van der Waals surface area contributed by atoms with Gasteiger partial charge in [0.1, 0.15) is 6.61 Å². The van der Waals surface area contributed by atoms with Gasteiger partial charge in [-0.1, -0.05) is 23.7 Å². The molecule has 0 saturated carbocycles. The highest BCUT2D eigenvalue weighted by Crippen LogP contribution is 2.30. The van der Waals surface area contributed by atoms with E-state index in [1.54, 1.807) is 36.2 Å². The predicted molar refractivity (Wildman–Crippen MR) is 80.0 cm³/mol. The Bertz CT molecular complexity index is 530. The van der Waals surface area contributed by atoms with E-state index in [4.69, 9.17) is 16.3 Å². The maximum atomic E-state index is 12.3. The van der Waals surface area contributed by atoms with E-state index in [1.165, 1.54) is 0 Å². The van der Waals surface area contributed by atoms with Crippen molar-refractivity contribution in [3.05, 3.63) is 34.9 Å². The Morgan fingerprint density at radius 3 is 2.57 bits per heavy atom. The number of nitrogens with zero attached hydrogens (tertiary/aromatic N) is 1. The van der Waals surface area contributed by atoms with E-state index in [9.17, 15) is 9.59 Å². The topological polar surface area (TPSA) is 58.6 Å². The molecule has 1 aromatic carbocycles. The van der Waals surface area contributed by atoms with E-state index in [-0.39, 0.29) is 24.5 Å². The first-order chi connectivity index (χ1) is 9.90. The van der Waals surface area contributed by atoms with Gasteiger partial charge in [-0.25, -0.2) is 0 Å². The lowest BCUT2D eigenvalue weighted by Gasteiger charge is -2.38. The molecular formula is C15H19ClN2O3. The molecule has 0 aliphatic carbocycles. The molecule has 6 heteroatoms. The standard InChI is InChI=1S/C15H19ClN2O3/c1-9(2)17-15(20)14-13(18(3)12(19)8-21-14)10-4-6-11(16)7-5-10/h4-7,9,13-14H,8H2,1-3H3,(H,17,20)/t13-,14-/m1/s1. The van der Waals surface area contributed by atoms with Gasteiger partial charge in [-0.15, -0.1) is 0 Å². The molecule has 2 amide bonds. The summed E-state index contributed by atoms with van der Waals surface area (Å²) < 4.78 is 5.48. The van der Waals surface area contributed by atoms with Gasteiger partial charge in [0.25, 0.3) is 5.91 Å². The van der Waals surface area contributed by atoms with E-state index < -0.39 is 12.1 Å². The van der Waals surface area contributed by atoms with Gasteiger partial charge in [0.05, 0.1) is 6.04 Å². The molecule has 0 unspecified atom stereocenters. The molecule has 21 heavy (non-hydrogen) atoms. The molecule has 1 saturated heterocycles. The van der Waals surface area contributed by atoms with Crippen LogP contribution in [-0.4, -0.2) is 42.5 Å². The molecule has 2 atom stereocenters. The number of hydrogen-bond acceptors (Lipinski definition) is 3. The van der Waals surface area contributed by atoms with Crippen LogP contribution >= 0.6 is 11.6 Å². The second kappa shape index (κ2) is 6.45. The average molecular weight is 311 g/mol. The number of amides is 2. The largest absolute Gasteiger partial charge is 0.356 e. The van der Waals surface area contributed by atoms with E-state index in [0.29, 0.717) is 5.02 Å². The van der Waals surface area contributed by atoms with Gasteiger partial charge in [-0.2, -0.15) is 0 Å². The first-order valence-electron chi connectivity index (χ1n) is 6.83. The maximum absolute atomic E-state index is 12.3. The molecule has 0 aromatic heterocycles. The lowest BCUT2D eigenvalue weighted by molar-refractivity contribution is -0.162. The highest BCUT2D eigenvalue weighted by atomic mass is 35.5. The number of carbonyl (C=O) groups is 2. The molecule has 0 radical (unpaired) electrons. The Morgan fingerprint density at radius 2 is 2.00 bits per heavy atom. The third kappa shape index (κ3) is 3.54. The highest BCUT2D eigenvalue weighted by molar-refractivity contribution is 6.30. The van der Waals surface area contributed by atoms with Crippen LogP contribution in [0.1, 0.15) is 25.5 Å². The normalized spacial score (nSPS) is 22.5. The minimum Gasteiger partial charge on any atom is -0.356 e. The monoisotopic (exact) mass is 310 g/mol. The van der Waals surface area contributed by atoms with Gasteiger partial charge < -0.3 is 15.0 Å². The van der Waals surface area contributed by atoms with E-state index in [0.717, 1.165) is 5.56 Å². The Morgan fingerprint density at radius 1 is 1.38 bits per heavy atom. The number of hydrogen-bond donors (Lipinski definition) is 1. The molecule has 5 nitrogen and oxygen atoms in total. The molecular weight excluding hydrogens is 292 g/mol. The van der Waals surface area contributed by atoms with Gasteiger partial charge >= 0.3 is 0 Å². The number of rotatable bonds is 3. The number of morpholine rings is 1. The van der Waals surface area contributed by atoms with Crippen molar-refractivity contribution in [3.8, 4) is 0 Å². The molecule has 1 aliphatic rings. The van der Waals surface area contributed by atoms with Crippen LogP contribution in [0.3, 0.4) is 0 Å². The van der Waals surface area contributed by atoms with Crippen LogP contribution in [0.25, 0.3) is 0 Å². The molecule has 1 heterocycles. The lowest BCUT2D eigenvalue weighted by Crippen LogP contribution is -2.53. The van der Waals surface area contributed by atoms with Gasteiger partial charge in [0.15, 0.2) is 6.10 Å². The zero-order valence-electron chi connectivity index (χ0n) is 12.3. The van der Waals surface area contributed by atoms with Gasteiger partial charge in [-0.3, -0.25) is 9.59 Å². The van der Waals surface area contributed by atoms with Crippen molar-refractivity contribution in [1.29, 1.82) is 0 Å². The van der Waals surface area contributed by atoms with Crippen LogP contribution < -0.4 is 5.32 Å². The number of carbonyl (C=O) groups excluding carboxylic acids is 2. The fourth-order valence-electron chi connectivity index (χ4n) is 2.36. The third-order valence-electron chi connectivity index (χ3n) is 3.38. The van der Waals surface area contributed by atoms with Crippen molar-refractivity contribution >= 4 is 23.4 Å². The summed E-state index contributed by atoms with van der Waals surface area (Å²) >= 11 is 5.89. The zero-order chi connectivity index (χ0) is 15.6. The van der Waals surface area contributed by atoms with Crippen LogP contribution in [0.15, 0.2) is 24.3 Å². The van der Waals surface area contributed by atoms with Gasteiger partial charge in [-0.05, 0) is 31.5 Å². The number of benzene rings is 1. The smallest absolute Gasteiger partial charge is 0.251 e. The summed E-state index contributed by atoms with van der Waals surface area (Å²) in [5, 5.41) is 3.44. The van der Waals surface area contributed by atoms with Crippen LogP contribution in [0.5, 0.6) is 0 Å². The van der Waals surface area contributed by atoms with Gasteiger partial charge in [0.2, 0.25) is 5.91 Å². The zero-order valence-corrected chi connectivity index (χ0v) is 13.1. The predicted octanol–water partition coefficient (Wildman–Crippen LogP) is 1.76. The Kier molecular flexibility index (Phi) is 4.85. The Balaban J connectivity index is 2.31. The number of ether oxygens (including phenoxy) is 1. The highest BCUT2D eigenvalue weighted by Gasteiger charge is 2.40. The molecule has 1 aromatic rings. The van der Waals surface area contributed by atoms with Crippen LogP contribution in [-0.2, 0) is 14.3 Å². The fourth-order valence-corrected chi connectivity index (χ4v) is 2.48. The third-order valence-corrected chi connectivity index (χ3v) is 3.64. The van der Waals surface area contributed by atoms with E-state index in [1.807, 2.05) is 13.8 Å². The molecule has 114 valence electrons. The SMILES string of the molecule is CC(C)NC(=O)[C@@H]1OCC(=O)N(C)[C@@H]1c1ccc(Cl)cc1. The first-order valence-corrected chi connectivity index (χ1v) is 7.21. The quantitative estimate of drug-likeness (QED) is 0.925. The summed E-state index contributed by atoms with van der Waals surface area (Å²) in [4.78, 5) is 25.7. The van der Waals surface area contributed by atoms with Gasteiger partial charge in [0, 0.05) is 18.1 Å². The molecule has 2 rings (SSSR count). The van der Waals surface area contributed by atoms with E-state index >= 15 is 0 Å². The van der Waals surface area contributed by atoms with Crippen molar-refractivity contribution in [2.45, 2.75) is 32.0 Å². The number of nitrogens with one attached hydrogen (secondary N) is 1. The maximum Gasteiger partial charge on any atom is 0.251 e. The Labute approximate surface area is 129 Å². The second-order valence-corrected chi connectivity index (χ2v) is 5.83. The summed E-state index contributed by atoms with van der Waals surface area (Å²) in [7, 11) is 1.68. The van der Waals surface area contributed by atoms with Crippen molar-refractivity contribution in [2.24, 2.45) is 0 Å². The van der Waals surface area contributed by atoms with Crippen molar-refractivity contribution in [2.75, 3.05) is 13.7 Å². The minimum atomic E-state index is -0.726. The molecule has 0 spiro atoms. The lowest BCUT2D eigenvalue weighted by atomic mass is 9.97. The molecule has 1 aliphatic heterocycles. The Hall–Kier alpha value is -1.59. The van der Waals surface area contributed by atoms with Crippen LogP contribution in [0.2, 0.25) is 5.02 Å². The minimum absolute atomic E-state index is 0.00917. The summed E-state index contributed by atoms with van der Waals surface area (Å²) in [5.74, 6) is -0.368. The number of likely N-dealkylation sites (N-methyl/N-ethyl adjacent to an activating group) is 1. The summed E-state index contributed by atoms with van der Waals surface area (Å²) in [6.45, 7) is 3.68. The van der Waals surface area contributed by atoms with Crippen LogP contribution in [0, 0.1) is 0 Å². The molecule has 1 N–H and O–H groups in total. The number of halogens is 1.